The van der Waals surface area contributed by atoms with E-state index >= 15 is 0 Å². The van der Waals surface area contributed by atoms with Crippen LogP contribution in [0.4, 0.5) is 5.88 Å². The molecule has 9 heteroatoms. The minimum Gasteiger partial charge on any atom is -0.479 e. The first-order valence-electron chi connectivity index (χ1n) is 10.7. The van der Waals surface area contributed by atoms with Gasteiger partial charge in [0.15, 0.2) is 11.9 Å². The number of benzene rings is 1. The molecule has 1 aliphatic heterocycles. The van der Waals surface area contributed by atoms with E-state index in [1.54, 1.807) is 41.3 Å². The number of furan rings is 1. The fourth-order valence-electron chi connectivity index (χ4n) is 3.68. The number of carbonyl (C=O) groups is 1. The van der Waals surface area contributed by atoms with Gasteiger partial charge < -0.3 is 23.4 Å². The Morgan fingerprint density at radius 1 is 1.09 bits per heavy atom. The van der Waals surface area contributed by atoms with Crippen LogP contribution in [0.25, 0.3) is 11.7 Å². The van der Waals surface area contributed by atoms with Crippen LogP contribution in [-0.4, -0.2) is 48.1 Å². The minimum atomic E-state index is -0.712. The van der Waals surface area contributed by atoms with Crippen molar-refractivity contribution in [2.75, 3.05) is 31.1 Å². The van der Waals surface area contributed by atoms with Gasteiger partial charge in [0.25, 0.3) is 11.8 Å². The molecule has 1 amide bonds. The molecule has 1 saturated heterocycles. The Labute approximate surface area is 191 Å². The van der Waals surface area contributed by atoms with E-state index in [0.717, 1.165) is 0 Å². The molecule has 33 heavy (non-hydrogen) atoms. The van der Waals surface area contributed by atoms with Crippen LogP contribution in [0.15, 0.2) is 51.5 Å². The summed E-state index contributed by atoms with van der Waals surface area (Å²) < 4.78 is 17.1. The van der Waals surface area contributed by atoms with Crippen LogP contribution in [0.1, 0.15) is 25.1 Å². The third-order valence-corrected chi connectivity index (χ3v) is 5.44. The van der Waals surface area contributed by atoms with Crippen molar-refractivity contribution in [1.29, 1.82) is 10.5 Å². The maximum absolute atomic E-state index is 13.3. The molecular weight excluding hydrogens is 422 g/mol. The normalized spacial score (nSPS) is 14.6. The zero-order chi connectivity index (χ0) is 23.4. The zero-order valence-electron chi connectivity index (χ0n) is 18.4. The van der Waals surface area contributed by atoms with Gasteiger partial charge >= 0.3 is 0 Å². The lowest BCUT2D eigenvalue weighted by Crippen LogP contribution is -2.53. The van der Waals surface area contributed by atoms with E-state index in [9.17, 15) is 15.3 Å². The third-order valence-electron chi connectivity index (χ3n) is 5.44. The molecule has 1 aliphatic rings. The van der Waals surface area contributed by atoms with Crippen LogP contribution in [0.2, 0.25) is 0 Å². The van der Waals surface area contributed by atoms with E-state index in [0.29, 0.717) is 49.1 Å². The molecule has 4 rings (SSSR count). The third kappa shape index (κ3) is 4.53. The Morgan fingerprint density at radius 2 is 1.85 bits per heavy atom. The van der Waals surface area contributed by atoms with Gasteiger partial charge in [0.1, 0.15) is 17.9 Å². The summed E-state index contributed by atoms with van der Waals surface area (Å²) in [4.78, 5) is 21.1. The molecule has 0 saturated carbocycles. The summed E-state index contributed by atoms with van der Waals surface area (Å²) >= 11 is 0. The molecule has 1 unspecified atom stereocenters. The number of oxazole rings is 1. The van der Waals surface area contributed by atoms with Gasteiger partial charge in [-0.3, -0.25) is 4.79 Å². The number of amides is 1. The zero-order valence-corrected chi connectivity index (χ0v) is 18.4. The number of piperazine rings is 1. The summed E-state index contributed by atoms with van der Waals surface area (Å²) in [7, 11) is 0. The van der Waals surface area contributed by atoms with E-state index in [4.69, 9.17) is 13.6 Å². The molecule has 1 atom stereocenters. The highest BCUT2D eigenvalue weighted by Crippen LogP contribution is 2.29. The molecule has 168 valence electrons. The number of hydrogen-bond acceptors (Lipinski definition) is 8. The van der Waals surface area contributed by atoms with Gasteiger partial charge in [-0.25, -0.2) is 0 Å². The standard InChI is InChI=1S/C24H23N5O4/c1-16(2)21(32-19-7-4-3-6-17(19)14-25)23(30)28-9-11-29(12-10-28)24-18(15-26)27-22(33-24)20-8-5-13-31-20/h3-8,13,16,21H,9-12H2,1-2H3. The first kappa shape index (κ1) is 22.0. The molecule has 9 nitrogen and oxygen atoms in total. The summed E-state index contributed by atoms with van der Waals surface area (Å²) in [6.07, 6.45) is 0.800. The SMILES string of the molecule is CC(C)C(Oc1ccccc1C#N)C(=O)N1CCN(c2oc(-c3ccco3)nc2C#N)CC1. The Bertz CT molecular complexity index is 1190. The fourth-order valence-corrected chi connectivity index (χ4v) is 3.68. The minimum absolute atomic E-state index is 0.0856. The Morgan fingerprint density at radius 3 is 2.48 bits per heavy atom. The summed E-state index contributed by atoms with van der Waals surface area (Å²) in [6, 6.07) is 14.5. The van der Waals surface area contributed by atoms with Crippen LogP contribution < -0.4 is 9.64 Å². The van der Waals surface area contributed by atoms with Crippen molar-refractivity contribution in [3.05, 3.63) is 53.9 Å². The summed E-state index contributed by atoms with van der Waals surface area (Å²) in [5.74, 6) is 1.24. The lowest BCUT2D eigenvalue weighted by Gasteiger charge is -2.37. The molecule has 0 radical (unpaired) electrons. The van der Waals surface area contributed by atoms with Crippen molar-refractivity contribution < 1.29 is 18.4 Å². The number of para-hydroxylation sites is 1. The highest BCUT2D eigenvalue weighted by Gasteiger charge is 2.33. The van der Waals surface area contributed by atoms with Crippen LogP contribution >= 0.6 is 0 Å². The lowest BCUT2D eigenvalue weighted by molar-refractivity contribution is -0.141. The van der Waals surface area contributed by atoms with Crippen molar-refractivity contribution in [2.24, 2.45) is 5.92 Å². The highest BCUT2D eigenvalue weighted by atomic mass is 16.5. The molecule has 3 aromatic rings. The van der Waals surface area contributed by atoms with E-state index < -0.39 is 6.10 Å². The van der Waals surface area contributed by atoms with Crippen molar-refractivity contribution in [3.8, 4) is 29.5 Å². The Balaban J connectivity index is 1.45. The summed E-state index contributed by atoms with van der Waals surface area (Å²) in [6.45, 7) is 5.66. The predicted molar refractivity (Wildman–Crippen MR) is 118 cm³/mol. The summed E-state index contributed by atoms with van der Waals surface area (Å²) in [5.41, 5.74) is 0.570. The largest absolute Gasteiger partial charge is 0.479 e. The number of aromatic nitrogens is 1. The monoisotopic (exact) mass is 445 g/mol. The number of carbonyl (C=O) groups excluding carboxylic acids is 1. The topological polar surface area (TPSA) is 120 Å². The number of hydrogen-bond donors (Lipinski definition) is 0. The molecule has 3 heterocycles. The molecular formula is C24H23N5O4. The van der Waals surface area contributed by atoms with Gasteiger partial charge in [-0.2, -0.15) is 15.5 Å². The fraction of sp³-hybridized carbons (Fsp3) is 0.333. The van der Waals surface area contributed by atoms with Crippen molar-refractivity contribution in [2.45, 2.75) is 20.0 Å². The van der Waals surface area contributed by atoms with Crippen molar-refractivity contribution in [3.63, 3.8) is 0 Å². The number of anilines is 1. The molecule has 1 fully saturated rings. The van der Waals surface area contributed by atoms with E-state index in [1.807, 2.05) is 18.7 Å². The van der Waals surface area contributed by atoms with Crippen molar-refractivity contribution >= 4 is 11.8 Å². The van der Waals surface area contributed by atoms with Gasteiger partial charge in [-0.1, -0.05) is 26.0 Å². The van der Waals surface area contributed by atoms with Crippen LogP contribution in [0, 0.1) is 28.6 Å². The number of nitrogens with zero attached hydrogens (tertiary/aromatic N) is 5. The molecule has 1 aromatic carbocycles. The highest BCUT2D eigenvalue weighted by molar-refractivity contribution is 5.82. The van der Waals surface area contributed by atoms with E-state index in [-0.39, 0.29) is 23.4 Å². The molecule has 0 bridgehead atoms. The number of rotatable bonds is 6. The first-order valence-corrected chi connectivity index (χ1v) is 10.7. The smallest absolute Gasteiger partial charge is 0.266 e. The average Bonchev–Trinajstić information content (AvgIpc) is 3.52. The predicted octanol–water partition coefficient (Wildman–Crippen LogP) is 3.43. The molecule has 0 aliphatic carbocycles. The second kappa shape index (κ2) is 9.49. The number of ether oxygens (including phenoxy) is 1. The molecule has 0 spiro atoms. The summed E-state index contributed by atoms with van der Waals surface area (Å²) in [5, 5.41) is 18.8. The maximum atomic E-state index is 13.3. The quantitative estimate of drug-likeness (QED) is 0.566. The van der Waals surface area contributed by atoms with Crippen molar-refractivity contribution in [1.82, 2.24) is 9.88 Å². The van der Waals surface area contributed by atoms with Gasteiger partial charge in [-0.15, -0.1) is 0 Å². The Hall–Kier alpha value is -4.24. The Kier molecular flexibility index (Phi) is 6.32. The molecule has 2 aromatic heterocycles. The van der Waals surface area contributed by atoms with E-state index in [2.05, 4.69) is 17.1 Å². The van der Waals surface area contributed by atoms with Gasteiger partial charge in [0.2, 0.25) is 11.6 Å². The second-order valence-corrected chi connectivity index (χ2v) is 7.96. The van der Waals surface area contributed by atoms with E-state index in [1.165, 1.54) is 6.26 Å². The molecule has 0 N–H and O–H groups in total. The van der Waals surface area contributed by atoms with Crippen LogP contribution in [-0.2, 0) is 4.79 Å². The van der Waals surface area contributed by atoms with Crippen LogP contribution in [0.5, 0.6) is 5.75 Å². The average molecular weight is 445 g/mol. The first-order chi connectivity index (χ1) is 16.0. The van der Waals surface area contributed by atoms with Gasteiger partial charge in [0, 0.05) is 26.2 Å². The second-order valence-electron chi connectivity index (χ2n) is 7.96. The van der Waals surface area contributed by atoms with Crippen LogP contribution in [0.3, 0.4) is 0 Å². The lowest BCUT2D eigenvalue weighted by atomic mass is 10.0. The van der Waals surface area contributed by atoms with Gasteiger partial charge in [-0.05, 0) is 30.2 Å². The maximum Gasteiger partial charge on any atom is 0.266 e. The number of nitriles is 2. The van der Waals surface area contributed by atoms with Gasteiger partial charge in [0.05, 0.1) is 11.8 Å².